The minimum atomic E-state index is -0.0420. The second-order valence-corrected chi connectivity index (χ2v) is 4.89. The Balaban J connectivity index is 1.99. The molecular formula is C18H16N2O. The molecule has 3 heteroatoms. The van der Waals surface area contributed by atoms with Crippen LogP contribution in [0.2, 0.25) is 0 Å². The summed E-state index contributed by atoms with van der Waals surface area (Å²) < 4.78 is 1.70. The highest BCUT2D eigenvalue weighted by Crippen LogP contribution is 2.17. The van der Waals surface area contributed by atoms with Gasteiger partial charge in [0.15, 0.2) is 0 Å². The molecule has 0 aliphatic carbocycles. The topological polar surface area (TPSA) is 34.0 Å². The van der Waals surface area contributed by atoms with Crippen LogP contribution in [0.5, 0.6) is 0 Å². The average molecular weight is 276 g/mol. The second kappa shape index (κ2) is 5.67. The van der Waals surface area contributed by atoms with Gasteiger partial charge in [0.05, 0.1) is 0 Å². The van der Waals surface area contributed by atoms with E-state index in [0.717, 1.165) is 22.8 Å². The zero-order valence-electron chi connectivity index (χ0n) is 11.8. The second-order valence-electron chi connectivity index (χ2n) is 4.89. The molecule has 1 heterocycles. The number of pyridine rings is 1. The molecule has 0 aliphatic heterocycles. The molecule has 0 spiro atoms. The van der Waals surface area contributed by atoms with Crippen LogP contribution in [-0.2, 0) is 0 Å². The van der Waals surface area contributed by atoms with E-state index < -0.39 is 0 Å². The van der Waals surface area contributed by atoms with E-state index in [1.807, 2.05) is 73.7 Å². The van der Waals surface area contributed by atoms with E-state index >= 15 is 0 Å². The smallest absolute Gasteiger partial charge is 0.257 e. The number of hydrogen-bond acceptors (Lipinski definition) is 2. The normalized spacial score (nSPS) is 10.3. The minimum absolute atomic E-state index is 0.0420. The molecule has 1 aromatic heterocycles. The zero-order valence-corrected chi connectivity index (χ0v) is 11.8. The Kier molecular flexibility index (Phi) is 3.56. The Bertz CT molecular complexity index is 792. The highest BCUT2D eigenvalue weighted by atomic mass is 16.1. The summed E-state index contributed by atoms with van der Waals surface area (Å²) in [5.41, 5.74) is 3.50. The van der Waals surface area contributed by atoms with Crippen LogP contribution in [0.3, 0.4) is 0 Å². The lowest BCUT2D eigenvalue weighted by Gasteiger charge is -2.12. The van der Waals surface area contributed by atoms with Crippen molar-refractivity contribution in [1.29, 1.82) is 0 Å². The SMILES string of the molecule is Cc1cc(Nc2ccccc2)cc(=O)n1-c1ccccc1. The predicted molar refractivity (Wildman–Crippen MR) is 86.5 cm³/mol. The lowest BCUT2D eigenvalue weighted by Crippen LogP contribution is -2.20. The third-order valence-electron chi connectivity index (χ3n) is 3.29. The molecule has 0 saturated heterocycles. The molecule has 0 unspecified atom stereocenters. The van der Waals surface area contributed by atoms with Crippen LogP contribution in [0.25, 0.3) is 5.69 Å². The van der Waals surface area contributed by atoms with Gasteiger partial charge in [-0.15, -0.1) is 0 Å². The first-order chi connectivity index (χ1) is 10.2. The molecule has 1 N–H and O–H groups in total. The van der Waals surface area contributed by atoms with Crippen molar-refractivity contribution >= 4 is 11.4 Å². The van der Waals surface area contributed by atoms with Crippen molar-refractivity contribution in [2.45, 2.75) is 6.92 Å². The molecule has 0 bridgehead atoms. The van der Waals surface area contributed by atoms with Crippen LogP contribution in [0, 0.1) is 6.92 Å². The minimum Gasteiger partial charge on any atom is -0.355 e. The van der Waals surface area contributed by atoms with E-state index in [1.54, 1.807) is 10.6 Å². The Morgan fingerprint density at radius 2 is 1.43 bits per heavy atom. The summed E-state index contributed by atoms with van der Waals surface area (Å²) in [6.45, 7) is 1.94. The van der Waals surface area contributed by atoms with E-state index in [1.165, 1.54) is 0 Å². The monoisotopic (exact) mass is 276 g/mol. The van der Waals surface area contributed by atoms with Crippen LogP contribution in [-0.4, -0.2) is 4.57 Å². The summed E-state index contributed by atoms with van der Waals surface area (Å²) in [7, 11) is 0. The maximum atomic E-state index is 12.4. The van der Waals surface area contributed by atoms with Crippen LogP contribution in [0.4, 0.5) is 11.4 Å². The number of aryl methyl sites for hydroxylation is 1. The summed E-state index contributed by atoms with van der Waals surface area (Å²) in [6, 6.07) is 23.1. The first-order valence-electron chi connectivity index (χ1n) is 6.85. The molecule has 3 rings (SSSR count). The molecule has 3 aromatic rings. The van der Waals surface area contributed by atoms with E-state index in [4.69, 9.17) is 0 Å². The van der Waals surface area contributed by atoms with Gasteiger partial charge in [-0.05, 0) is 37.3 Å². The molecule has 3 nitrogen and oxygen atoms in total. The number of nitrogens with zero attached hydrogens (tertiary/aromatic N) is 1. The van der Waals surface area contributed by atoms with Gasteiger partial charge < -0.3 is 5.32 Å². The van der Waals surface area contributed by atoms with Crippen LogP contribution >= 0.6 is 0 Å². The Hall–Kier alpha value is -2.81. The third-order valence-corrected chi connectivity index (χ3v) is 3.29. The summed E-state index contributed by atoms with van der Waals surface area (Å²) >= 11 is 0. The summed E-state index contributed by atoms with van der Waals surface area (Å²) in [5.74, 6) is 0. The van der Waals surface area contributed by atoms with E-state index in [9.17, 15) is 4.79 Å². The standard InChI is InChI=1S/C18H16N2O/c1-14-12-16(19-15-8-4-2-5-9-15)13-18(21)20(14)17-10-6-3-7-11-17/h2-13,19H,1H3. The van der Waals surface area contributed by atoms with Crippen molar-refractivity contribution in [1.82, 2.24) is 4.57 Å². The summed E-state index contributed by atoms with van der Waals surface area (Å²) in [5, 5.41) is 3.25. The van der Waals surface area contributed by atoms with E-state index in [-0.39, 0.29) is 5.56 Å². The molecule has 0 radical (unpaired) electrons. The quantitative estimate of drug-likeness (QED) is 0.787. The number of rotatable bonds is 3. The van der Waals surface area contributed by atoms with Gasteiger partial charge >= 0.3 is 0 Å². The Morgan fingerprint density at radius 3 is 2.05 bits per heavy atom. The third kappa shape index (κ3) is 2.87. The Morgan fingerprint density at radius 1 is 0.810 bits per heavy atom. The maximum Gasteiger partial charge on any atom is 0.257 e. The van der Waals surface area contributed by atoms with Gasteiger partial charge in [-0.2, -0.15) is 0 Å². The van der Waals surface area contributed by atoms with E-state index in [2.05, 4.69) is 5.32 Å². The number of para-hydroxylation sites is 2. The number of benzene rings is 2. The Labute approximate surface area is 123 Å². The number of anilines is 2. The highest BCUT2D eigenvalue weighted by molar-refractivity contribution is 5.59. The van der Waals surface area contributed by atoms with Gasteiger partial charge in [-0.3, -0.25) is 9.36 Å². The van der Waals surface area contributed by atoms with Gasteiger partial charge in [-0.1, -0.05) is 36.4 Å². The fourth-order valence-corrected chi connectivity index (χ4v) is 2.37. The van der Waals surface area contributed by atoms with Crippen molar-refractivity contribution < 1.29 is 0 Å². The molecule has 21 heavy (non-hydrogen) atoms. The largest absolute Gasteiger partial charge is 0.355 e. The molecule has 0 saturated carbocycles. The molecular weight excluding hydrogens is 260 g/mol. The first kappa shape index (κ1) is 13.2. The molecule has 0 atom stereocenters. The zero-order chi connectivity index (χ0) is 14.7. The fourth-order valence-electron chi connectivity index (χ4n) is 2.37. The molecule has 0 amide bonds. The van der Waals surface area contributed by atoms with Crippen molar-refractivity contribution in [3.63, 3.8) is 0 Å². The number of nitrogens with one attached hydrogen (secondary N) is 1. The van der Waals surface area contributed by atoms with Crippen molar-refractivity contribution in [3.05, 3.63) is 88.8 Å². The maximum absolute atomic E-state index is 12.4. The van der Waals surface area contributed by atoms with E-state index in [0.29, 0.717) is 0 Å². The number of hydrogen-bond donors (Lipinski definition) is 1. The van der Waals surface area contributed by atoms with Crippen LogP contribution in [0.1, 0.15) is 5.69 Å². The van der Waals surface area contributed by atoms with Gasteiger partial charge in [-0.25, -0.2) is 0 Å². The van der Waals surface area contributed by atoms with Crippen LogP contribution < -0.4 is 10.9 Å². The molecule has 0 aliphatic rings. The average Bonchev–Trinajstić information content (AvgIpc) is 2.49. The summed E-state index contributed by atoms with van der Waals surface area (Å²) in [4.78, 5) is 12.4. The van der Waals surface area contributed by atoms with Crippen LogP contribution in [0.15, 0.2) is 77.6 Å². The fraction of sp³-hybridized carbons (Fsp3) is 0.0556. The molecule has 2 aromatic carbocycles. The summed E-state index contributed by atoms with van der Waals surface area (Å²) in [6.07, 6.45) is 0. The lowest BCUT2D eigenvalue weighted by molar-refractivity contribution is 0.936. The lowest BCUT2D eigenvalue weighted by atomic mass is 10.2. The highest BCUT2D eigenvalue weighted by Gasteiger charge is 2.05. The van der Waals surface area contributed by atoms with Crippen molar-refractivity contribution in [3.8, 4) is 5.69 Å². The van der Waals surface area contributed by atoms with Crippen molar-refractivity contribution in [2.24, 2.45) is 0 Å². The first-order valence-corrected chi connectivity index (χ1v) is 6.85. The molecule has 104 valence electrons. The van der Waals surface area contributed by atoms with Gasteiger partial charge in [0, 0.05) is 28.8 Å². The van der Waals surface area contributed by atoms with Gasteiger partial charge in [0.1, 0.15) is 0 Å². The van der Waals surface area contributed by atoms with Crippen molar-refractivity contribution in [2.75, 3.05) is 5.32 Å². The van der Waals surface area contributed by atoms with Gasteiger partial charge in [0.2, 0.25) is 0 Å². The number of aromatic nitrogens is 1. The molecule has 0 fully saturated rings. The van der Waals surface area contributed by atoms with Gasteiger partial charge in [0.25, 0.3) is 5.56 Å². The predicted octanol–water partition coefficient (Wildman–Crippen LogP) is 3.89.